The van der Waals surface area contributed by atoms with Gasteiger partial charge in [-0.3, -0.25) is 4.57 Å². The number of aromatic amines is 1. The Hall–Kier alpha value is -2.77. The van der Waals surface area contributed by atoms with E-state index >= 15 is 0 Å². The van der Waals surface area contributed by atoms with E-state index in [0.717, 1.165) is 18.1 Å². The molecule has 4 rings (SSSR count). The summed E-state index contributed by atoms with van der Waals surface area (Å²) in [5.41, 5.74) is 7.77. The predicted molar refractivity (Wildman–Crippen MR) is 137 cm³/mol. The van der Waals surface area contributed by atoms with Gasteiger partial charge in [-0.1, -0.05) is 38.9 Å². The van der Waals surface area contributed by atoms with Gasteiger partial charge in [0.25, 0.3) is 0 Å². The largest absolute Gasteiger partial charge is 0.382 e. The first-order chi connectivity index (χ1) is 16.4. The normalized spacial score (nSPS) is 11.9. The summed E-state index contributed by atoms with van der Waals surface area (Å²) in [6, 6.07) is 9.72. The van der Waals surface area contributed by atoms with Crippen molar-refractivity contribution in [2.24, 2.45) is 0 Å². The van der Waals surface area contributed by atoms with Crippen molar-refractivity contribution in [3.63, 3.8) is 0 Å². The summed E-state index contributed by atoms with van der Waals surface area (Å²) in [7, 11) is 1.66. The SMILES string of the molecule is CCOP(=P)(CCCn1ccnc1-c1nc(N)c2[nH]c(=O)n(Cc3ccccc3)c2n1)OCC. The number of hydrogen-bond donors (Lipinski definition) is 2. The molecule has 0 radical (unpaired) electrons. The van der Waals surface area contributed by atoms with E-state index in [2.05, 4.69) is 28.5 Å². The van der Waals surface area contributed by atoms with E-state index in [4.69, 9.17) is 14.8 Å². The highest BCUT2D eigenvalue weighted by molar-refractivity contribution is 7.92. The maximum atomic E-state index is 12.6. The van der Waals surface area contributed by atoms with E-state index in [-0.39, 0.29) is 11.5 Å². The van der Waals surface area contributed by atoms with Crippen LogP contribution in [0.2, 0.25) is 0 Å². The number of nitrogen functional groups attached to an aromatic ring is 1. The number of H-pyrrole nitrogens is 1. The summed E-state index contributed by atoms with van der Waals surface area (Å²) in [6.07, 6.45) is 5.14. The Kier molecular flexibility index (Phi) is 7.63. The topological polar surface area (TPSA) is 126 Å². The fourth-order valence-corrected chi connectivity index (χ4v) is 6.77. The number of fused-ring (bicyclic) bond motifs is 1. The van der Waals surface area contributed by atoms with Gasteiger partial charge in [-0.05, 0) is 25.8 Å². The number of nitrogens with two attached hydrogens (primary N) is 1. The number of nitrogens with zero attached hydrogens (tertiary/aromatic N) is 5. The Morgan fingerprint density at radius 1 is 1.15 bits per heavy atom. The van der Waals surface area contributed by atoms with E-state index in [1.54, 1.807) is 10.8 Å². The van der Waals surface area contributed by atoms with E-state index in [0.29, 0.717) is 49.1 Å². The molecule has 0 aliphatic carbocycles. The number of nitrogens with one attached hydrogen (secondary N) is 1. The van der Waals surface area contributed by atoms with Crippen LogP contribution in [-0.4, -0.2) is 48.4 Å². The molecule has 3 N–H and O–H groups in total. The predicted octanol–water partition coefficient (Wildman–Crippen LogP) is 3.98. The molecule has 34 heavy (non-hydrogen) atoms. The number of anilines is 1. The van der Waals surface area contributed by atoms with Crippen molar-refractivity contribution in [1.82, 2.24) is 29.1 Å². The van der Waals surface area contributed by atoms with E-state index in [1.807, 2.05) is 54.9 Å². The molecule has 10 nitrogen and oxygen atoms in total. The number of aromatic nitrogens is 6. The lowest BCUT2D eigenvalue weighted by atomic mass is 10.2. The fourth-order valence-electron chi connectivity index (χ4n) is 3.79. The van der Waals surface area contributed by atoms with Crippen LogP contribution in [0.25, 0.3) is 22.8 Å². The Bertz CT molecular complexity index is 1350. The Morgan fingerprint density at radius 2 is 1.88 bits per heavy atom. The minimum absolute atomic E-state index is 0.205. The third-order valence-corrected chi connectivity index (χ3v) is 8.98. The van der Waals surface area contributed by atoms with Crippen molar-refractivity contribution in [3.8, 4) is 11.6 Å². The zero-order chi connectivity index (χ0) is 24.1. The molecule has 3 heterocycles. The van der Waals surface area contributed by atoms with Gasteiger partial charge < -0.3 is 24.3 Å². The van der Waals surface area contributed by atoms with Crippen LogP contribution in [0.3, 0.4) is 0 Å². The van der Waals surface area contributed by atoms with E-state index in [9.17, 15) is 4.79 Å². The average molecular weight is 501 g/mol. The number of rotatable bonds is 11. The second kappa shape index (κ2) is 10.7. The lowest BCUT2D eigenvalue weighted by Crippen LogP contribution is -2.17. The van der Waals surface area contributed by atoms with Gasteiger partial charge in [0, 0.05) is 25.1 Å². The molecular formula is C22H29N7O3P2. The molecule has 0 bridgehead atoms. The standard InChI is InChI=1S/C22H29N7O3P2/c1-3-31-34(33,32-4-2)14-8-12-28-13-11-24-21(28)19-26-18(23)17-20(27-19)29(22(30)25-17)15-16-9-6-5-7-10-16/h5-7,9-11,13,33H,3-4,8,12,14-15H2,1-2H3,(H,25,30)(H2,23,26,27). The monoisotopic (exact) mass is 501 g/mol. The van der Waals surface area contributed by atoms with Crippen LogP contribution in [0.1, 0.15) is 25.8 Å². The average Bonchev–Trinajstić information content (AvgIpc) is 3.40. The molecule has 0 saturated heterocycles. The van der Waals surface area contributed by atoms with Crippen LogP contribution < -0.4 is 11.4 Å². The number of benzene rings is 1. The summed E-state index contributed by atoms with van der Waals surface area (Å²) in [5, 5.41) is 0. The van der Waals surface area contributed by atoms with Crippen LogP contribution in [-0.2, 0) is 22.1 Å². The molecule has 0 fully saturated rings. The number of aryl methyl sites for hydroxylation is 1. The van der Waals surface area contributed by atoms with Gasteiger partial charge in [0.05, 0.1) is 19.8 Å². The number of hydrogen-bond acceptors (Lipinski definition) is 7. The zero-order valence-corrected chi connectivity index (χ0v) is 21.2. The first-order valence-corrected chi connectivity index (χ1v) is 14.3. The van der Waals surface area contributed by atoms with Gasteiger partial charge in [-0.15, -0.1) is 0 Å². The lowest BCUT2D eigenvalue weighted by molar-refractivity contribution is 0.265. The maximum absolute atomic E-state index is 12.6. The van der Waals surface area contributed by atoms with Crippen LogP contribution in [0.5, 0.6) is 0 Å². The quantitative estimate of drug-likeness (QED) is 0.298. The highest BCUT2D eigenvalue weighted by Crippen LogP contribution is 2.54. The third kappa shape index (κ3) is 5.31. The molecular weight excluding hydrogens is 472 g/mol. The van der Waals surface area contributed by atoms with Gasteiger partial charge in [0.2, 0.25) is 0 Å². The molecule has 180 valence electrons. The van der Waals surface area contributed by atoms with Gasteiger partial charge in [-0.25, -0.2) is 19.7 Å². The molecule has 0 saturated carbocycles. The summed E-state index contributed by atoms with van der Waals surface area (Å²) in [6.45, 7) is 6.13. The highest BCUT2D eigenvalue weighted by atomic mass is 31.8. The van der Waals surface area contributed by atoms with Gasteiger partial charge >= 0.3 is 5.69 Å². The minimum Gasteiger partial charge on any atom is -0.382 e. The minimum atomic E-state index is -2.07. The molecule has 0 aliphatic heterocycles. The molecule has 3 aromatic heterocycles. The smallest absolute Gasteiger partial charge is 0.328 e. The van der Waals surface area contributed by atoms with Crippen LogP contribution >= 0.6 is 15.5 Å². The first-order valence-electron chi connectivity index (χ1n) is 11.2. The summed E-state index contributed by atoms with van der Waals surface area (Å²) >= 11 is 0. The molecule has 0 unspecified atom stereocenters. The van der Waals surface area contributed by atoms with Crippen molar-refractivity contribution < 1.29 is 9.05 Å². The second-order valence-corrected chi connectivity index (χ2v) is 12.0. The van der Waals surface area contributed by atoms with Crippen LogP contribution in [0, 0.1) is 0 Å². The Morgan fingerprint density at radius 3 is 2.59 bits per heavy atom. The number of imidazole rings is 2. The third-order valence-electron chi connectivity index (χ3n) is 5.28. The molecule has 1 aromatic carbocycles. The van der Waals surface area contributed by atoms with Crippen molar-refractivity contribution in [2.75, 3.05) is 25.1 Å². The molecule has 0 spiro atoms. The van der Waals surface area contributed by atoms with Crippen LogP contribution in [0.15, 0.2) is 47.5 Å². The van der Waals surface area contributed by atoms with Gasteiger partial charge in [0.15, 0.2) is 23.1 Å². The molecule has 0 amide bonds. The van der Waals surface area contributed by atoms with E-state index in [1.165, 1.54) is 0 Å². The van der Waals surface area contributed by atoms with Crippen molar-refractivity contribution in [3.05, 3.63) is 58.8 Å². The van der Waals surface area contributed by atoms with Crippen LogP contribution in [0.4, 0.5) is 5.82 Å². The molecule has 4 aromatic rings. The Labute approximate surface area is 199 Å². The van der Waals surface area contributed by atoms with Crippen molar-refractivity contribution in [2.45, 2.75) is 33.4 Å². The molecule has 12 heteroatoms. The zero-order valence-electron chi connectivity index (χ0n) is 19.3. The highest BCUT2D eigenvalue weighted by Gasteiger charge is 2.19. The first kappa shape index (κ1) is 24.4. The molecule has 0 aliphatic rings. The maximum Gasteiger partial charge on any atom is 0.328 e. The summed E-state index contributed by atoms with van der Waals surface area (Å²) < 4.78 is 15.2. The summed E-state index contributed by atoms with van der Waals surface area (Å²) in [5.74, 6) is 1.15. The van der Waals surface area contributed by atoms with Crippen molar-refractivity contribution in [1.29, 1.82) is 0 Å². The Balaban J connectivity index is 1.61. The van der Waals surface area contributed by atoms with Crippen molar-refractivity contribution >= 4 is 32.5 Å². The van der Waals surface area contributed by atoms with Gasteiger partial charge in [-0.2, -0.15) is 0 Å². The van der Waals surface area contributed by atoms with E-state index < -0.39 is 7.00 Å². The lowest BCUT2D eigenvalue weighted by Gasteiger charge is -2.22. The second-order valence-electron chi connectivity index (χ2n) is 7.66. The molecule has 0 atom stereocenters. The van der Waals surface area contributed by atoms with Gasteiger partial charge in [0.1, 0.15) is 12.5 Å². The summed E-state index contributed by atoms with van der Waals surface area (Å²) in [4.78, 5) is 29.0. The fraction of sp³-hybridized carbons (Fsp3) is 0.364.